The van der Waals surface area contributed by atoms with Crippen LogP contribution in [0, 0.1) is 5.92 Å². The second kappa shape index (κ2) is 8.00. The van der Waals surface area contributed by atoms with Crippen LogP contribution in [0.3, 0.4) is 0 Å². The van der Waals surface area contributed by atoms with Gasteiger partial charge in [0.15, 0.2) is 0 Å². The summed E-state index contributed by atoms with van der Waals surface area (Å²) in [4.78, 5) is 6.64. The molecular weight excluding hydrogens is 292 g/mol. The molecule has 116 valence electrons. The average molecular weight is 315 g/mol. The van der Waals surface area contributed by atoms with Crippen molar-refractivity contribution in [2.24, 2.45) is 5.92 Å². The summed E-state index contributed by atoms with van der Waals surface area (Å²) < 4.78 is 0. The number of aromatic nitrogens is 1. The molecule has 0 amide bonds. The summed E-state index contributed by atoms with van der Waals surface area (Å²) in [5.74, 6) is 0.750. The first-order chi connectivity index (χ1) is 10.3. The number of hydrogen-bond donors (Lipinski definition) is 0. The highest BCUT2D eigenvalue weighted by Gasteiger charge is 2.24. The Hall–Kier alpha value is -1.80. The fourth-order valence-corrected chi connectivity index (χ4v) is 2.99. The van der Waals surface area contributed by atoms with Gasteiger partial charge in [-0.25, -0.2) is 0 Å². The Bertz CT molecular complexity index is 583. The number of pyridine rings is 1. The van der Waals surface area contributed by atoms with Crippen LogP contribution in [0.1, 0.15) is 25.3 Å². The Morgan fingerprint density at radius 2 is 1.77 bits per heavy atom. The molecule has 3 rings (SSSR count). The topological polar surface area (TPSA) is 16.1 Å². The van der Waals surface area contributed by atoms with Gasteiger partial charge in [-0.15, -0.1) is 12.4 Å². The van der Waals surface area contributed by atoms with Crippen molar-refractivity contribution in [3.63, 3.8) is 0 Å². The number of piperidine rings is 1. The zero-order chi connectivity index (χ0) is 14.5. The first kappa shape index (κ1) is 16.6. The highest BCUT2D eigenvalue weighted by Crippen LogP contribution is 2.28. The molecule has 1 aliphatic rings. The van der Waals surface area contributed by atoms with E-state index in [0.29, 0.717) is 6.04 Å². The summed E-state index contributed by atoms with van der Waals surface area (Å²) in [6, 6.07) is 15.2. The molecule has 1 fully saturated rings. The highest BCUT2D eigenvalue weighted by atomic mass is 35.5. The van der Waals surface area contributed by atoms with Crippen molar-refractivity contribution in [2.45, 2.75) is 25.8 Å². The molecule has 2 aromatic rings. The lowest BCUT2D eigenvalue weighted by Gasteiger charge is -2.39. The zero-order valence-corrected chi connectivity index (χ0v) is 13.7. The molecule has 1 aromatic carbocycles. The van der Waals surface area contributed by atoms with E-state index in [0.717, 1.165) is 12.5 Å². The smallest absolute Gasteiger partial charge is 0.0476 e. The molecule has 2 unspecified atom stereocenters. The van der Waals surface area contributed by atoms with Crippen molar-refractivity contribution in [3.8, 4) is 0 Å². The minimum Gasteiger partial charge on any atom is -0.365 e. The van der Waals surface area contributed by atoms with Crippen molar-refractivity contribution in [1.82, 2.24) is 4.98 Å². The van der Waals surface area contributed by atoms with Crippen LogP contribution in [0.5, 0.6) is 0 Å². The lowest BCUT2D eigenvalue weighted by molar-refractivity contribution is 0.409. The largest absolute Gasteiger partial charge is 0.365 e. The number of benzene rings is 1. The normalized spacial score (nSPS) is 21.6. The number of hydrogen-bond acceptors (Lipinski definition) is 2. The summed E-state index contributed by atoms with van der Waals surface area (Å²) >= 11 is 0. The third-order valence-electron chi connectivity index (χ3n) is 4.17. The van der Waals surface area contributed by atoms with Gasteiger partial charge in [-0.1, -0.05) is 49.4 Å². The molecular formula is C19H23ClN2. The summed E-state index contributed by atoms with van der Waals surface area (Å²) in [5, 5.41) is 0. The first-order valence-corrected chi connectivity index (χ1v) is 7.73. The molecule has 2 nitrogen and oxygen atoms in total. The van der Waals surface area contributed by atoms with Crippen LogP contribution in [0.15, 0.2) is 60.9 Å². The molecule has 0 aliphatic carbocycles. The predicted octanol–water partition coefficient (Wildman–Crippen LogP) is 4.82. The average Bonchev–Trinajstić information content (AvgIpc) is 2.55. The standard InChI is InChI=1S/C19H22N2.ClH/c1-16-7-9-18(10-8-17-5-3-2-4-6-17)21(15-16)19-11-13-20-14-12-19;/h2-6,8,10-14,16,18H,7,9,15H2,1H3;1H. The Labute approximate surface area is 139 Å². The van der Waals surface area contributed by atoms with Gasteiger partial charge in [-0.05, 0) is 36.5 Å². The van der Waals surface area contributed by atoms with E-state index >= 15 is 0 Å². The fourth-order valence-electron chi connectivity index (χ4n) is 2.99. The molecule has 1 aromatic heterocycles. The van der Waals surface area contributed by atoms with Crippen molar-refractivity contribution in [3.05, 3.63) is 66.5 Å². The number of nitrogens with zero attached hydrogens (tertiary/aromatic N) is 2. The molecule has 0 spiro atoms. The van der Waals surface area contributed by atoms with Gasteiger partial charge < -0.3 is 4.90 Å². The quantitative estimate of drug-likeness (QED) is 0.807. The minimum absolute atomic E-state index is 0. The molecule has 2 heterocycles. The molecule has 1 saturated heterocycles. The molecule has 0 radical (unpaired) electrons. The van der Waals surface area contributed by atoms with E-state index in [1.807, 2.05) is 12.4 Å². The van der Waals surface area contributed by atoms with E-state index in [-0.39, 0.29) is 12.4 Å². The molecule has 0 saturated carbocycles. The monoisotopic (exact) mass is 314 g/mol. The van der Waals surface area contributed by atoms with E-state index in [9.17, 15) is 0 Å². The first-order valence-electron chi connectivity index (χ1n) is 7.73. The van der Waals surface area contributed by atoms with E-state index in [4.69, 9.17) is 0 Å². The van der Waals surface area contributed by atoms with Gasteiger partial charge in [-0.2, -0.15) is 0 Å². The Morgan fingerprint density at radius 1 is 1.05 bits per heavy atom. The van der Waals surface area contributed by atoms with Crippen LogP contribution < -0.4 is 4.90 Å². The van der Waals surface area contributed by atoms with Gasteiger partial charge in [0.1, 0.15) is 0 Å². The van der Waals surface area contributed by atoms with Gasteiger partial charge in [0.2, 0.25) is 0 Å². The van der Waals surface area contributed by atoms with Crippen LogP contribution in [-0.2, 0) is 0 Å². The zero-order valence-electron chi connectivity index (χ0n) is 12.9. The minimum atomic E-state index is 0. The number of halogens is 1. The molecule has 0 bridgehead atoms. The SMILES string of the molecule is CC1CCC(C=Cc2ccccc2)N(c2ccncc2)C1.Cl. The maximum absolute atomic E-state index is 4.13. The summed E-state index contributed by atoms with van der Waals surface area (Å²) in [6.07, 6.45) is 10.9. The Morgan fingerprint density at radius 3 is 2.50 bits per heavy atom. The van der Waals surface area contributed by atoms with Crippen LogP contribution in [0.25, 0.3) is 6.08 Å². The number of anilines is 1. The Balaban J connectivity index is 0.00000176. The molecule has 3 heteroatoms. The van der Waals surface area contributed by atoms with Crippen LogP contribution in [-0.4, -0.2) is 17.6 Å². The summed E-state index contributed by atoms with van der Waals surface area (Å²) in [5.41, 5.74) is 2.55. The van der Waals surface area contributed by atoms with Gasteiger partial charge in [0.25, 0.3) is 0 Å². The molecule has 22 heavy (non-hydrogen) atoms. The second-order valence-corrected chi connectivity index (χ2v) is 5.88. The highest BCUT2D eigenvalue weighted by molar-refractivity contribution is 5.85. The fraction of sp³-hybridized carbons (Fsp3) is 0.316. The van der Waals surface area contributed by atoms with Gasteiger partial charge in [-0.3, -0.25) is 4.98 Å². The molecule has 0 N–H and O–H groups in total. The predicted molar refractivity (Wildman–Crippen MR) is 96.5 cm³/mol. The van der Waals surface area contributed by atoms with E-state index in [1.54, 1.807) is 0 Å². The van der Waals surface area contributed by atoms with E-state index in [2.05, 4.69) is 71.4 Å². The maximum Gasteiger partial charge on any atom is 0.0476 e. The summed E-state index contributed by atoms with van der Waals surface area (Å²) in [7, 11) is 0. The van der Waals surface area contributed by atoms with E-state index in [1.165, 1.54) is 24.1 Å². The lowest BCUT2D eigenvalue weighted by atomic mass is 9.93. The molecule has 2 atom stereocenters. The van der Waals surface area contributed by atoms with E-state index < -0.39 is 0 Å². The lowest BCUT2D eigenvalue weighted by Crippen LogP contribution is -2.41. The van der Waals surface area contributed by atoms with Crippen molar-refractivity contribution in [2.75, 3.05) is 11.4 Å². The Kier molecular flexibility index (Phi) is 6.02. The second-order valence-electron chi connectivity index (χ2n) is 5.88. The van der Waals surface area contributed by atoms with Crippen LogP contribution in [0.4, 0.5) is 5.69 Å². The number of rotatable bonds is 3. The third kappa shape index (κ3) is 4.11. The van der Waals surface area contributed by atoms with Crippen molar-refractivity contribution < 1.29 is 0 Å². The van der Waals surface area contributed by atoms with Gasteiger partial charge in [0.05, 0.1) is 0 Å². The third-order valence-corrected chi connectivity index (χ3v) is 4.17. The van der Waals surface area contributed by atoms with Crippen molar-refractivity contribution in [1.29, 1.82) is 0 Å². The van der Waals surface area contributed by atoms with Crippen LogP contribution >= 0.6 is 12.4 Å². The van der Waals surface area contributed by atoms with Gasteiger partial charge >= 0.3 is 0 Å². The van der Waals surface area contributed by atoms with Crippen LogP contribution in [0.2, 0.25) is 0 Å². The van der Waals surface area contributed by atoms with Gasteiger partial charge in [0, 0.05) is 30.7 Å². The van der Waals surface area contributed by atoms with Crippen molar-refractivity contribution >= 4 is 24.2 Å². The molecule has 1 aliphatic heterocycles. The summed E-state index contributed by atoms with van der Waals surface area (Å²) in [6.45, 7) is 3.46. The maximum atomic E-state index is 4.13.